The van der Waals surface area contributed by atoms with Gasteiger partial charge in [-0.25, -0.2) is 12.7 Å². The maximum absolute atomic E-state index is 12.5. The van der Waals surface area contributed by atoms with E-state index in [4.69, 9.17) is 0 Å². The summed E-state index contributed by atoms with van der Waals surface area (Å²) in [6.07, 6.45) is 0. The summed E-state index contributed by atoms with van der Waals surface area (Å²) in [6.45, 7) is 0.00973. The highest BCUT2D eigenvalue weighted by Crippen LogP contribution is 2.33. The first-order chi connectivity index (χ1) is 14.4. The number of nitrogens with zero attached hydrogens (tertiary/aromatic N) is 1. The second-order valence-corrected chi connectivity index (χ2v) is 9.90. The first-order valence-corrected chi connectivity index (χ1v) is 11.5. The molecule has 0 unspecified atom stereocenters. The number of rotatable bonds is 8. The van der Waals surface area contributed by atoms with Crippen molar-refractivity contribution >= 4 is 39.1 Å². The Balaban J connectivity index is 1.65. The van der Waals surface area contributed by atoms with E-state index in [9.17, 15) is 13.2 Å². The number of amides is 1. The molecule has 3 aromatic carbocycles. The summed E-state index contributed by atoms with van der Waals surface area (Å²) in [5.41, 5.74) is 1.28. The number of carbonyl (C=O) groups is 1. The number of hydrogen-bond donors (Lipinski definition) is 2. The molecule has 0 atom stereocenters. The van der Waals surface area contributed by atoms with Gasteiger partial charge >= 0.3 is 0 Å². The molecular formula is C22H23N3O3S2. The van der Waals surface area contributed by atoms with Crippen LogP contribution in [0.1, 0.15) is 0 Å². The fourth-order valence-electron chi connectivity index (χ4n) is 2.63. The van der Waals surface area contributed by atoms with Crippen LogP contribution in [0.15, 0.2) is 93.5 Å². The van der Waals surface area contributed by atoms with E-state index in [2.05, 4.69) is 10.6 Å². The van der Waals surface area contributed by atoms with E-state index >= 15 is 0 Å². The second kappa shape index (κ2) is 9.80. The second-order valence-electron chi connectivity index (χ2n) is 6.63. The highest BCUT2D eigenvalue weighted by molar-refractivity contribution is 7.99. The van der Waals surface area contributed by atoms with Crippen LogP contribution in [-0.2, 0) is 14.8 Å². The molecule has 0 radical (unpaired) electrons. The number of para-hydroxylation sites is 1. The molecule has 30 heavy (non-hydrogen) atoms. The molecule has 0 saturated heterocycles. The van der Waals surface area contributed by atoms with Crippen molar-refractivity contribution in [2.45, 2.75) is 14.7 Å². The molecule has 8 heteroatoms. The number of hydrogen-bond acceptors (Lipinski definition) is 5. The largest absolute Gasteiger partial charge is 0.376 e. The van der Waals surface area contributed by atoms with Crippen LogP contribution < -0.4 is 10.6 Å². The zero-order valence-electron chi connectivity index (χ0n) is 16.7. The highest BCUT2D eigenvalue weighted by Gasteiger charge is 2.17. The Bertz CT molecular complexity index is 1120. The summed E-state index contributed by atoms with van der Waals surface area (Å²) in [7, 11) is -0.572. The van der Waals surface area contributed by atoms with Crippen molar-refractivity contribution in [3.05, 3.63) is 78.9 Å². The number of nitrogens with one attached hydrogen (secondary N) is 2. The van der Waals surface area contributed by atoms with Gasteiger partial charge in [-0.15, -0.1) is 0 Å². The summed E-state index contributed by atoms with van der Waals surface area (Å²) < 4.78 is 25.7. The molecule has 3 aromatic rings. The van der Waals surface area contributed by atoms with Crippen molar-refractivity contribution < 1.29 is 13.2 Å². The number of sulfonamides is 1. The topological polar surface area (TPSA) is 78.5 Å². The quantitative estimate of drug-likeness (QED) is 0.549. The van der Waals surface area contributed by atoms with Gasteiger partial charge in [-0.2, -0.15) is 0 Å². The Hall–Kier alpha value is -2.81. The van der Waals surface area contributed by atoms with Gasteiger partial charge in [0, 0.05) is 29.6 Å². The van der Waals surface area contributed by atoms with E-state index in [0.717, 1.165) is 19.8 Å². The van der Waals surface area contributed by atoms with Crippen molar-refractivity contribution in [3.8, 4) is 0 Å². The normalized spacial score (nSPS) is 11.3. The highest BCUT2D eigenvalue weighted by atomic mass is 32.2. The van der Waals surface area contributed by atoms with Gasteiger partial charge in [0.15, 0.2) is 0 Å². The van der Waals surface area contributed by atoms with E-state index in [1.165, 1.54) is 26.2 Å². The molecule has 0 heterocycles. The van der Waals surface area contributed by atoms with Gasteiger partial charge in [-0.05, 0) is 42.5 Å². The zero-order chi connectivity index (χ0) is 21.6. The molecule has 0 aliphatic heterocycles. The summed E-state index contributed by atoms with van der Waals surface area (Å²) in [5, 5.41) is 5.90. The molecule has 0 saturated carbocycles. The lowest BCUT2D eigenvalue weighted by atomic mass is 10.3. The minimum absolute atomic E-state index is 0.00973. The van der Waals surface area contributed by atoms with E-state index in [-0.39, 0.29) is 17.3 Å². The third-order valence-electron chi connectivity index (χ3n) is 4.20. The van der Waals surface area contributed by atoms with Crippen LogP contribution in [0.3, 0.4) is 0 Å². The SMILES string of the molecule is CN(C)S(=O)(=O)c1cccc(NCC(=O)Nc2ccccc2Sc2ccccc2)c1. The van der Waals surface area contributed by atoms with Crippen LogP contribution >= 0.6 is 11.8 Å². The van der Waals surface area contributed by atoms with Crippen LogP contribution in [0.25, 0.3) is 0 Å². The maximum Gasteiger partial charge on any atom is 0.243 e. The predicted molar refractivity (Wildman–Crippen MR) is 121 cm³/mol. The van der Waals surface area contributed by atoms with Crippen molar-refractivity contribution in [2.75, 3.05) is 31.3 Å². The standard InChI is InChI=1S/C22H23N3O3S2/c1-25(2)30(27,28)19-12-8-9-17(15-19)23-16-22(26)24-20-13-6-7-14-21(20)29-18-10-4-3-5-11-18/h3-15,23H,16H2,1-2H3,(H,24,26). The minimum Gasteiger partial charge on any atom is -0.376 e. The first kappa shape index (κ1) is 21.9. The average molecular weight is 442 g/mol. The van der Waals surface area contributed by atoms with Gasteiger partial charge in [0.25, 0.3) is 0 Å². The van der Waals surface area contributed by atoms with Crippen molar-refractivity contribution in [2.24, 2.45) is 0 Å². The lowest BCUT2D eigenvalue weighted by Crippen LogP contribution is -2.23. The Kier molecular flexibility index (Phi) is 7.15. The molecule has 0 spiro atoms. The summed E-state index contributed by atoms with van der Waals surface area (Å²) in [5.74, 6) is -0.225. The Morgan fingerprint density at radius 2 is 1.63 bits per heavy atom. The van der Waals surface area contributed by atoms with Crippen LogP contribution in [0.2, 0.25) is 0 Å². The Morgan fingerprint density at radius 3 is 2.37 bits per heavy atom. The van der Waals surface area contributed by atoms with Gasteiger partial charge in [0.05, 0.1) is 17.1 Å². The summed E-state index contributed by atoms with van der Waals surface area (Å²) >= 11 is 1.57. The average Bonchev–Trinajstić information content (AvgIpc) is 2.74. The van der Waals surface area contributed by atoms with Gasteiger partial charge in [-0.3, -0.25) is 4.79 Å². The lowest BCUT2D eigenvalue weighted by Gasteiger charge is -2.14. The fraction of sp³-hybridized carbons (Fsp3) is 0.136. The van der Waals surface area contributed by atoms with E-state index in [0.29, 0.717) is 5.69 Å². The van der Waals surface area contributed by atoms with Crippen molar-refractivity contribution in [3.63, 3.8) is 0 Å². The molecule has 1 amide bonds. The van der Waals surface area contributed by atoms with Gasteiger partial charge in [0.2, 0.25) is 15.9 Å². The maximum atomic E-state index is 12.5. The molecule has 0 fully saturated rings. The van der Waals surface area contributed by atoms with Gasteiger partial charge in [0.1, 0.15) is 0 Å². The first-order valence-electron chi connectivity index (χ1n) is 9.24. The predicted octanol–water partition coefficient (Wildman–Crippen LogP) is 4.14. The molecule has 156 valence electrons. The summed E-state index contributed by atoms with van der Waals surface area (Å²) in [4.78, 5) is 14.7. The Labute approximate surface area is 181 Å². The molecule has 0 bridgehead atoms. The number of carbonyl (C=O) groups excluding carboxylic acids is 1. The van der Waals surface area contributed by atoms with E-state index in [1.807, 2.05) is 54.6 Å². The smallest absolute Gasteiger partial charge is 0.243 e. The van der Waals surface area contributed by atoms with E-state index < -0.39 is 10.0 Å². The fourth-order valence-corrected chi connectivity index (χ4v) is 4.50. The van der Waals surface area contributed by atoms with Crippen LogP contribution in [0, 0.1) is 0 Å². The molecular weight excluding hydrogens is 418 g/mol. The number of benzene rings is 3. The summed E-state index contributed by atoms with van der Waals surface area (Å²) in [6, 6.07) is 23.9. The molecule has 0 aliphatic rings. The van der Waals surface area contributed by atoms with Crippen LogP contribution in [0.5, 0.6) is 0 Å². The van der Waals surface area contributed by atoms with E-state index in [1.54, 1.807) is 23.9 Å². The zero-order valence-corrected chi connectivity index (χ0v) is 18.3. The monoisotopic (exact) mass is 441 g/mol. The van der Waals surface area contributed by atoms with Gasteiger partial charge < -0.3 is 10.6 Å². The molecule has 0 aliphatic carbocycles. The third-order valence-corrected chi connectivity index (χ3v) is 7.09. The molecule has 2 N–H and O–H groups in total. The Morgan fingerprint density at radius 1 is 0.933 bits per heavy atom. The third kappa shape index (κ3) is 5.63. The molecule has 0 aromatic heterocycles. The minimum atomic E-state index is -3.53. The lowest BCUT2D eigenvalue weighted by molar-refractivity contribution is -0.114. The number of anilines is 2. The van der Waals surface area contributed by atoms with Crippen molar-refractivity contribution in [1.82, 2.24) is 4.31 Å². The van der Waals surface area contributed by atoms with Gasteiger partial charge in [-0.1, -0.05) is 48.2 Å². The van der Waals surface area contributed by atoms with Crippen molar-refractivity contribution in [1.29, 1.82) is 0 Å². The van der Waals surface area contributed by atoms with Crippen LogP contribution in [0.4, 0.5) is 11.4 Å². The molecule has 3 rings (SSSR count). The van der Waals surface area contributed by atoms with Crippen LogP contribution in [-0.4, -0.2) is 39.3 Å². The molecule has 6 nitrogen and oxygen atoms in total.